The number of guanidine groups is 2. The second kappa shape index (κ2) is 12.9. The van der Waals surface area contributed by atoms with E-state index in [9.17, 15) is 19.7 Å². The van der Waals surface area contributed by atoms with Gasteiger partial charge in [-0.1, -0.05) is 11.9 Å². The lowest BCUT2D eigenvalue weighted by Crippen LogP contribution is -2.64. The number of nitro groups is 1. The number of aliphatic carboxylic acids is 1. The third kappa shape index (κ3) is 8.47. The molecule has 0 saturated carbocycles. The molecule has 18 heteroatoms. The van der Waals surface area contributed by atoms with Crippen LogP contribution in [0.25, 0.3) is 0 Å². The summed E-state index contributed by atoms with van der Waals surface area (Å²) in [6.45, 7) is 0.460. The van der Waals surface area contributed by atoms with Gasteiger partial charge in [-0.2, -0.15) is 10.1 Å². The standard InChI is InChI=1S/C6H14N4O2.C5H5N6O3S.2H2O/c7-4(5(11)12)2-1-3-10-6(8)9;1-15-9-3-2-8-4(7-9)6-5(12)10(8)11(13)14;;/h4H,1-3,7H2,(H,11,12)(H4,8,9,10);2H,1H3,(H,6,7,12);2*1H2/q;-1;;/p+1/t4-;;;/m0.../s1. The Kier molecular flexibility index (Phi) is 12.4. The molecule has 166 valence electrons. The number of hydrazone groups is 1. The zero-order valence-corrected chi connectivity index (χ0v) is 16.1. The van der Waals surface area contributed by atoms with Crippen molar-refractivity contribution in [3.63, 3.8) is 0 Å². The van der Waals surface area contributed by atoms with E-state index in [-0.39, 0.29) is 22.9 Å². The summed E-state index contributed by atoms with van der Waals surface area (Å²) in [7, 11) is 0. The molecule has 1 fully saturated rings. The Morgan fingerprint density at radius 3 is 2.66 bits per heavy atom. The number of carbonyl (C=O) groups excluding carboxylic acids is 1. The number of urea groups is 1. The Balaban J connectivity index is 0. The fourth-order valence-electron chi connectivity index (χ4n) is 1.71. The summed E-state index contributed by atoms with van der Waals surface area (Å²) in [6, 6.07) is -1.43. The number of hydrazine groups is 2. The minimum Gasteiger partial charge on any atom is -0.477 e. The molecule has 0 aliphatic carbocycles. The number of hydrogen-bond donors (Lipinski definition) is 5. The molecule has 1 saturated heterocycles. The number of rotatable bonds is 7. The number of hydrogen-bond acceptors (Lipinski definition) is 9. The van der Waals surface area contributed by atoms with Crippen LogP contribution in [0.5, 0.6) is 0 Å². The first-order chi connectivity index (χ1) is 12.7. The molecule has 0 aromatic carbocycles. The number of carboxylic acid groups (broad SMARTS) is 1. The molecule has 0 aromatic heterocycles. The number of aliphatic imine (C=N–C) groups is 1. The molecule has 13 N–H and O–H groups in total. The third-order valence-corrected chi connectivity index (χ3v) is 3.51. The van der Waals surface area contributed by atoms with Gasteiger partial charge in [-0.25, -0.2) is 19.7 Å². The fourth-order valence-corrected chi connectivity index (χ4v) is 2.02. The van der Waals surface area contributed by atoms with E-state index in [0.29, 0.717) is 24.5 Å². The zero-order valence-electron chi connectivity index (χ0n) is 15.3. The maximum absolute atomic E-state index is 11.2. The highest BCUT2D eigenvalue weighted by Gasteiger charge is 2.41. The van der Waals surface area contributed by atoms with E-state index < -0.39 is 23.1 Å². The van der Waals surface area contributed by atoms with E-state index in [1.54, 1.807) is 6.26 Å². The largest absolute Gasteiger partial charge is 0.477 e. The van der Waals surface area contributed by atoms with Crippen LogP contribution >= 0.6 is 11.9 Å². The molecule has 2 aliphatic heterocycles. The van der Waals surface area contributed by atoms with E-state index in [1.165, 1.54) is 22.6 Å². The molecule has 2 rings (SSSR count). The van der Waals surface area contributed by atoms with Crippen LogP contribution < -0.4 is 22.5 Å². The van der Waals surface area contributed by atoms with Gasteiger partial charge in [0.25, 0.3) is 0 Å². The van der Waals surface area contributed by atoms with Crippen LogP contribution in [0.3, 0.4) is 0 Å². The van der Waals surface area contributed by atoms with Gasteiger partial charge in [0, 0.05) is 19.2 Å². The highest BCUT2D eigenvalue weighted by Crippen LogP contribution is 2.17. The van der Waals surface area contributed by atoms with Crippen LogP contribution in [0.15, 0.2) is 16.3 Å². The first kappa shape index (κ1) is 27.9. The molecule has 2 aliphatic rings. The molecule has 1 atom stereocenters. The van der Waals surface area contributed by atoms with Crippen LogP contribution in [0.4, 0.5) is 4.79 Å². The molecule has 0 spiro atoms. The van der Waals surface area contributed by atoms with Crippen molar-refractivity contribution in [1.29, 1.82) is 0 Å². The van der Waals surface area contributed by atoms with Gasteiger partial charge in [-0.3, -0.25) is 10.3 Å². The van der Waals surface area contributed by atoms with E-state index in [2.05, 4.69) is 27.3 Å². The Labute approximate surface area is 168 Å². The molecular weight excluding hydrogens is 416 g/mol. The van der Waals surface area contributed by atoms with E-state index >= 15 is 0 Å². The maximum Gasteiger partial charge on any atom is 0.408 e. The van der Waals surface area contributed by atoms with E-state index in [0.717, 1.165) is 5.01 Å². The van der Waals surface area contributed by atoms with Gasteiger partial charge >= 0.3 is 12.0 Å². The van der Waals surface area contributed by atoms with Crippen LogP contribution in [0.1, 0.15) is 12.8 Å². The SMILES string of the molecule is CSN1[C-]=CN2C(=N1)NC(=O)N2[N+](=O)[O-].NC(N)=NCCC[C@H]([NH3+])C(=O)O.O.O. The molecule has 0 radical (unpaired) electrons. The van der Waals surface area contributed by atoms with E-state index in [4.69, 9.17) is 16.6 Å². The summed E-state index contributed by atoms with van der Waals surface area (Å²) in [5, 5.41) is 25.5. The monoisotopic (exact) mass is 440 g/mol. The van der Waals surface area contributed by atoms with Crippen molar-refractivity contribution in [2.75, 3.05) is 12.8 Å². The predicted molar refractivity (Wildman–Crippen MR) is 101 cm³/mol. The predicted octanol–water partition coefficient (Wildman–Crippen LogP) is -4.36. The number of nitrogens with two attached hydrogens (primary N) is 2. The number of carboxylic acids is 1. The molecule has 29 heavy (non-hydrogen) atoms. The number of quaternary nitrogens is 1. The van der Waals surface area contributed by atoms with Crippen molar-refractivity contribution in [3.8, 4) is 0 Å². The fraction of sp³-hybridized carbons (Fsp3) is 0.455. The molecule has 0 aromatic rings. The summed E-state index contributed by atoms with van der Waals surface area (Å²) in [5.41, 5.74) is 13.6. The molecule has 0 unspecified atom stereocenters. The quantitative estimate of drug-likeness (QED) is 0.0481. The lowest BCUT2D eigenvalue weighted by molar-refractivity contribution is -0.661. The molecule has 17 nitrogen and oxygen atoms in total. The number of amides is 2. The average Bonchev–Trinajstić information content (AvgIpc) is 2.93. The molecule has 0 bridgehead atoms. The highest BCUT2D eigenvalue weighted by atomic mass is 32.2. The van der Waals surface area contributed by atoms with Crippen LogP contribution in [0.2, 0.25) is 0 Å². The van der Waals surface area contributed by atoms with Gasteiger partial charge in [0.1, 0.15) is 0 Å². The van der Waals surface area contributed by atoms with Crippen molar-refractivity contribution in [1.82, 2.24) is 19.9 Å². The van der Waals surface area contributed by atoms with Crippen LogP contribution in [-0.2, 0) is 4.79 Å². The summed E-state index contributed by atoms with van der Waals surface area (Å²) in [6.07, 6.45) is 6.75. The second-order valence-electron chi connectivity index (χ2n) is 4.92. The maximum atomic E-state index is 11.2. The van der Waals surface area contributed by atoms with Gasteiger partial charge in [-0.15, -0.1) is 6.20 Å². The molecule has 2 heterocycles. The number of nitrogens with zero attached hydrogens (tertiary/aromatic N) is 6. The minimum atomic E-state index is -0.889. The highest BCUT2D eigenvalue weighted by molar-refractivity contribution is 7.96. The van der Waals surface area contributed by atoms with Crippen molar-refractivity contribution >= 4 is 35.9 Å². The smallest absolute Gasteiger partial charge is 0.408 e. The van der Waals surface area contributed by atoms with Crippen molar-refractivity contribution in [2.45, 2.75) is 18.9 Å². The van der Waals surface area contributed by atoms with Gasteiger partial charge in [-0.05, 0) is 6.42 Å². The first-order valence-electron chi connectivity index (χ1n) is 7.35. The van der Waals surface area contributed by atoms with Crippen LogP contribution in [0, 0.1) is 16.3 Å². The molecular formula is C11H24N10O7S. The lowest BCUT2D eigenvalue weighted by atomic mass is 10.2. The van der Waals surface area contributed by atoms with E-state index in [1.807, 2.05) is 0 Å². The number of carbonyl (C=O) groups is 2. The molecule has 2 amide bonds. The summed E-state index contributed by atoms with van der Waals surface area (Å²) in [4.78, 5) is 35.7. The number of fused-ring (bicyclic) bond motifs is 1. The first-order valence-corrected chi connectivity index (χ1v) is 8.53. The summed E-state index contributed by atoms with van der Waals surface area (Å²) < 4.78 is 1.34. The second-order valence-corrected chi connectivity index (χ2v) is 5.63. The minimum absolute atomic E-state index is 0. The van der Waals surface area contributed by atoms with Crippen molar-refractivity contribution < 1.29 is 36.4 Å². The average molecular weight is 440 g/mol. The normalized spacial score (nSPS) is 14.8. The lowest BCUT2D eigenvalue weighted by Gasteiger charge is -2.31. The van der Waals surface area contributed by atoms with Gasteiger partial charge in [0.15, 0.2) is 17.0 Å². The Morgan fingerprint density at radius 1 is 1.55 bits per heavy atom. The Bertz CT molecular complexity index is 668. The summed E-state index contributed by atoms with van der Waals surface area (Å²) in [5.74, 6) is -0.782. The van der Waals surface area contributed by atoms with Gasteiger partial charge < -0.3 is 43.9 Å². The van der Waals surface area contributed by atoms with Crippen molar-refractivity contribution in [2.24, 2.45) is 21.6 Å². The third-order valence-electron chi connectivity index (χ3n) is 2.98. The number of nitrogens with one attached hydrogen (secondary N) is 1. The topological polar surface area (TPSA) is 287 Å². The Morgan fingerprint density at radius 2 is 2.17 bits per heavy atom. The van der Waals surface area contributed by atoms with Gasteiger partial charge in [0.05, 0.1) is 5.12 Å². The van der Waals surface area contributed by atoms with Crippen molar-refractivity contribution in [3.05, 3.63) is 22.5 Å². The van der Waals surface area contributed by atoms with Crippen LogP contribution in [-0.4, -0.2) is 78.4 Å². The summed E-state index contributed by atoms with van der Waals surface area (Å²) >= 11 is 1.24. The van der Waals surface area contributed by atoms with Gasteiger partial charge in [0.2, 0.25) is 5.96 Å². The zero-order chi connectivity index (χ0) is 20.6. The Hall–Kier alpha value is -3.35.